The summed E-state index contributed by atoms with van der Waals surface area (Å²) in [6.45, 7) is 2.51. The largest absolute Gasteiger partial charge is 0.348 e. The normalized spacial score (nSPS) is 10.3. The molecule has 3 aromatic rings. The first-order chi connectivity index (χ1) is 12.1. The Morgan fingerprint density at radius 3 is 2.44 bits per heavy atom. The lowest BCUT2D eigenvalue weighted by atomic mass is 10.1. The molecule has 2 amide bonds. The van der Waals surface area contributed by atoms with Gasteiger partial charge in [0.25, 0.3) is 11.8 Å². The molecule has 2 N–H and O–H groups in total. The second-order valence-corrected chi connectivity index (χ2v) is 6.63. The zero-order chi connectivity index (χ0) is 17.6. The smallest absolute Gasteiger partial charge is 0.265 e. The molecule has 5 heteroatoms. The Morgan fingerprint density at radius 2 is 1.76 bits per heavy atom. The van der Waals surface area contributed by atoms with Crippen LogP contribution in [0.15, 0.2) is 66.0 Å². The Hall–Kier alpha value is -2.92. The lowest BCUT2D eigenvalue weighted by molar-refractivity contribution is 0.0950. The molecule has 0 aliphatic carbocycles. The summed E-state index contributed by atoms with van der Waals surface area (Å²) in [7, 11) is 0. The van der Waals surface area contributed by atoms with E-state index in [2.05, 4.69) is 10.6 Å². The minimum Gasteiger partial charge on any atom is -0.348 e. The highest BCUT2D eigenvalue weighted by Crippen LogP contribution is 2.14. The number of anilines is 1. The molecular formula is C20H18N2O2S. The fourth-order valence-corrected chi connectivity index (χ4v) is 3.03. The molecular weight excluding hydrogens is 332 g/mol. The highest BCUT2D eigenvalue weighted by molar-refractivity contribution is 7.12. The molecule has 0 aliphatic heterocycles. The molecule has 0 saturated carbocycles. The van der Waals surface area contributed by atoms with Crippen LogP contribution in [-0.4, -0.2) is 11.8 Å². The number of carbonyl (C=O) groups is 2. The van der Waals surface area contributed by atoms with Gasteiger partial charge >= 0.3 is 0 Å². The number of hydrogen-bond acceptors (Lipinski definition) is 3. The highest BCUT2D eigenvalue weighted by Gasteiger charge is 2.08. The Bertz CT molecular complexity index is 871. The molecule has 4 nitrogen and oxygen atoms in total. The molecule has 1 aromatic heterocycles. The molecule has 0 spiro atoms. The van der Waals surface area contributed by atoms with Gasteiger partial charge in [-0.05, 0) is 48.2 Å². The van der Waals surface area contributed by atoms with E-state index in [4.69, 9.17) is 0 Å². The van der Waals surface area contributed by atoms with Crippen LogP contribution in [0.2, 0.25) is 0 Å². The zero-order valence-corrected chi connectivity index (χ0v) is 14.6. The fourth-order valence-electron chi connectivity index (χ4n) is 2.41. The van der Waals surface area contributed by atoms with Crippen molar-refractivity contribution in [1.82, 2.24) is 5.32 Å². The van der Waals surface area contributed by atoms with Gasteiger partial charge in [-0.1, -0.05) is 35.9 Å². The minimum absolute atomic E-state index is 0.141. The quantitative estimate of drug-likeness (QED) is 0.723. The molecule has 2 aromatic carbocycles. The van der Waals surface area contributed by atoms with Crippen LogP contribution in [0.1, 0.15) is 31.2 Å². The molecule has 126 valence electrons. The van der Waals surface area contributed by atoms with Crippen molar-refractivity contribution in [2.45, 2.75) is 13.5 Å². The summed E-state index contributed by atoms with van der Waals surface area (Å²) in [5.74, 6) is -0.288. The van der Waals surface area contributed by atoms with Crippen molar-refractivity contribution in [3.8, 4) is 0 Å². The second kappa shape index (κ2) is 7.77. The average molecular weight is 350 g/mol. The van der Waals surface area contributed by atoms with Crippen molar-refractivity contribution in [2.75, 3.05) is 5.32 Å². The number of nitrogens with one attached hydrogen (secondary N) is 2. The summed E-state index contributed by atoms with van der Waals surface area (Å²) in [4.78, 5) is 24.9. The second-order valence-electron chi connectivity index (χ2n) is 5.68. The zero-order valence-electron chi connectivity index (χ0n) is 13.8. The molecule has 3 rings (SSSR count). The first-order valence-electron chi connectivity index (χ1n) is 7.90. The predicted molar refractivity (Wildman–Crippen MR) is 101 cm³/mol. The lowest BCUT2D eigenvalue weighted by Crippen LogP contribution is -2.22. The monoisotopic (exact) mass is 350 g/mol. The maximum Gasteiger partial charge on any atom is 0.265 e. The van der Waals surface area contributed by atoms with Crippen molar-refractivity contribution in [2.24, 2.45) is 0 Å². The number of rotatable bonds is 5. The van der Waals surface area contributed by atoms with Crippen LogP contribution in [0.5, 0.6) is 0 Å². The van der Waals surface area contributed by atoms with Crippen LogP contribution in [0.3, 0.4) is 0 Å². The van der Waals surface area contributed by atoms with E-state index < -0.39 is 0 Å². The van der Waals surface area contributed by atoms with Gasteiger partial charge in [-0.15, -0.1) is 11.3 Å². The van der Waals surface area contributed by atoms with Crippen molar-refractivity contribution in [1.29, 1.82) is 0 Å². The lowest BCUT2D eigenvalue weighted by Gasteiger charge is -2.08. The third-order valence-electron chi connectivity index (χ3n) is 3.69. The van der Waals surface area contributed by atoms with E-state index in [-0.39, 0.29) is 11.8 Å². The van der Waals surface area contributed by atoms with Crippen LogP contribution in [0, 0.1) is 6.92 Å². The summed E-state index contributed by atoms with van der Waals surface area (Å²) in [6.07, 6.45) is 0. The van der Waals surface area contributed by atoms with E-state index in [9.17, 15) is 9.59 Å². The maximum absolute atomic E-state index is 12.2. The minimum atomic E-state index is -0.147. The molecule has 25 heavy (non-hydrogen) atoms. The van der Waals surface area contributed by atoms with Gasteiger partial charge in [0.2, 0.25) is 0 Å². The van der Waals surface area contributed by atoms with Crippen molar-refractivity contribution in [3.63, 3.8) is 0 Å². The molecule has 0 saturated heterocycles. The Labute approximate surface area is 150 Å². The standard InChI is InChI=1S/C20H18N2O2S/c1-14-4-2-5-15(12-14)13-21-19(23)16-7-9-17(10-8-16)22-20(24)18-6-3-11-25-18/h2-12H,13H2,1H3,(H,21,23)(H,22,24). The molecule has 0 unspecified atom stereocenters. The van der Waals surface area contributed by atoms with E-state index in [1.165, 1.54) is 11.3 Å². The van der Waals surface area contributed by atoms with Crippen molar-refractivity contribution >= 4 is 28.8 Å². The predicted octanol–water partition coefficient (Wildman–Crippen LogP) is 4.24. The number of benzene rings is 2. The Kier molecular flexibility index (Phi) is 5.26. The summed E-state index contributed by atoms with van der Waals surface area (Å²) in [6, 6.07) is 18.5. The SMILES string of the molecule is Cc1cccc(CNC(=O)c2ccc(NC(=O)c3cccs3)cc2)c1. The fraction of sp³-hybridized carbons (Fsp3) is 0.100. The number of amides is 2. The molecule has 0 atom stereocenters. The molecule has 0 fully saturated rings. The number of carbonyl (C=O) groups excluding carboxylic acids is 2. The summed E-state index contributed by atoms with van der Waals surface area (Å²) < 4.78 is 0. The average Bonchev–Trinajstić information content (AvgIpc) is 3.15. The van der Waals surface area contributed by atoms with Crippen molar-refractivity contribution in [3.05, 3.63) is 87.6 Å². The molecule has 0 bridgehead atoms. The number of hydrogen-bond donors (Lipinski definition) is 2. The molecule has 1 heterocycles. The van der Waals surface area contributed by atoms with Crippen LogP contribution >= 0.6 is 11.3 Å². The van der Waals surface area contributed by atoms with Crippen LogP contribution in [0.4, 0.5) is 5.69 Å². The van der Waals surface area contributed by atoms with Crippen LogP contribution in [0.25, 0.3) is 0 Å². The van der Waals surface area contributed by atoms with Gasteiger partial charge in [0.1, 0.15) is 0 Å². The van der Waals surface area contributed by atoms with Gasteiger partial charge in [-0.25, -0.2) is 0 Å². The van der Waals surface area contributed by atoms with Gasteiger partial charge in [0.15, 0.2) is 0 Å². The highest BCUT2D eigenvalue weighted by atomic mass is 32.1. The first-order valence-corrected chi connectivity index (χ1v) is 8.78. The van der Waals surface area contributed by atoms with Gasteiger partial charge in [0.05, 0.1) is 4.88 Å². The Balaban J connectivity index is 1.58. The third-order valence-corrected chi connectivity index (χ3v) is 4.55. The number of aryl methyl sites for hydroxylation is 1. The van der Waals surface area contributed by atoms with E-state index in [0.29, 0.717) is 22.7 Å². The van der Waals surface area contributed by atoms with Gasteiger partial charge in [-0.3, -0.25) is 9.59 Å². The van der Waals surface area contributed by atoms with Crippen molar-refractivity contribution < 1.29 is 9.59 Å². The van der Waals surface area contributed by atoms with Crippen LogP contribution in [-0.2, 0) is 6.54 Å². The summed E-state index contributed by atoms with van der Waals surface area (Å²) >= 11 is 1.39. The maximum atomic E-state index is 12.2. The molecule has 0 aliphatic rings. The van der Waals surface area contributed by atoms with Gasteiger partial charge in [0, 0.05) is 17.8 Å². The molecule has 0 radical (unpaired) electrons. The topological polar surface area (TPSA) is 58.2 Å². The summed E-state index contributed by atoms with van der Waals surface area (Å²) in [5.41, 5.74) is 3.45. The third kappa shape index (κ3) is 4.55. The van der Waals surface area contributed by atoms with Gasteiger partial charge < -0.3 is 10.6 Å². The van der Waals surface area contributed by atoms with E-state index in [1.54, 1.807) is 30.3 Å². The summed E-state index contributed by atoms with van der Waals surface area (Å²) in [5, 5.41) is 7.57. The first kappa shape index (κ1) is 16.9. The van der Waals surface area contributed by atoms with E-state index >= 15 is 0 Å². The van der Waals surface area contributed by atoms with Gasteiger partial charge in [-0.2, -0.15) is 0 Å². The van der Waals surface area contributed by atoms with E-state index in [1.807, 2.05) is 42.6 Å². The van der Waals surface area contributed by atoms with E-state index in [0.717, 1.165) is 11.1 Å². The Morgan fingerprint density at radius 1 is 0.960 bits per heavy atom. The number of thiophene rings is 1. The van der Waals surface area contributed by atoms with Crippen LogP contribution < -0.4 is 10.6 Å².